The third-order valence-corrected chi connectivity index (χ3v) is 3.54. The maximum Gasteiger partial charge on any atom is 0.282 e. The SMILES string of the molecule is CC(C)(C)NC(=O)c1nccn(C2CCCCC2)c1=O. The monoisotopic (exact) mass is 277 g/mol. The summed E-state index contributed by atoms with van der Waals surface area (Å²) in [6, 6.07) is 0.209. The third-order valence-electron chi connectivity index (χ3n) is 3.54. The molecule has 1 fully saturated rings. The zero-order valence-electron chi connectivity index (χ0n) is 12.5. The Hall–Kier alpha value is -1.65. The van der Waals surface area contributed by atoms with E-state index in [-0.39, 0.29) is 22.8 Å². The van der Waals surface area contributed by atoms with Crippen molar-refractivity contribution in [3.05, 3.63) is 28.4 Å². The summed E-state index contributed by atoms with van der Waals surface area (Å²) in [7, 11) is 0. The van der Waals surface area contributed by atoms with Crippen LogP contribution in [0.4, 0.5) is 0 Å². The van der Waals surface area contributed by atoms with E-state index in [9.17, 15) is 9.59 Å². The summed E-state index contributed by atoms with van der Waals surface area (Å²) >= 11 is 0. The van der Waals surface area contributed by atoms with Gasteiger partial charge in [-0.2, -0.15) is 0 Å². The molecule has 5 nitrogen and oxygen atoms in total. The summed E-state index contributed by atoms with van der Waals surface area (Å²) in [6.45, 7) is 5.65. The lowest BCUT2D eigenvalue weighted by Crippen LogP contribution is -2.44. The normalized spacial score (nSPS) is 16.9. The minimum absolute atomic E-state index is 0.00648. The highest BCUT2D eigenvalue weighted by molar-refractivity contribution is 5.92. The van der Waals surface area contributed by atoms with Gasteiger partial charge in [-0.05, 0) is 33.6 Å². The molecular formula is C15H23N3O2. The van der Waals surface area contributed by atoms with Crippen LogP contribution in [0, 0.1) is 0 Å². The zero-order chi connectivity index (χ0) is 14.8. The van der Waals surface area contributed by atoms with E-state index in [1.165, 1.54) is 6.42 Å². The summed E-state index contributed by atoms with van der Waals surface area (Å²) in [6.07, 6.45) is 8.77. The first-order valence-corrected chi connectivity index (χ1v) is 7.28. The van der Waals surface area contributed by atoms with Gasteiger partial charge in [0.05, 0.1) is 0 Å². The quantitative estimate of drug-likeness (QED) is 0.902. The molecule has 5 heteroatoms. The predicted octanol–water partition coefficient (Wildman–Crippen LogP) is 2.28. The van der Waals surface area contributed by atoms with Crippen molar-refractivity contribution in [3.63, 3.8) is 0 Å². The highest BCUT2D eigenvalue weighted by atomic mass is 16.2. The van der Waals surface area contributed by atoms with Crippen molar-refractivity contribution in [1.82, 2.24) is 14.9 Å². The molecule has 20 heavy (non-hydrogen) atoms. The number of aromatic nitrogens is 2. The van der Waals surface area contributed by atoms with Gasteiger partial charge in [-0.25, -0.2) is 4.98 Å². The van der Waals surface area contributed by atoms with Gasteiger partial charge in [0.15, 0.2) is 5.69 Å². The van der Waals surface area contributed by atoms with E-state index in [2.05, 4.69) is 10.3 Å². The lowest BCUT2D eigenvalue weighted by Gasteiger charge is -2.24. The maximum atomic E-state index is 12.4. The van der Waals surface area contributed by atoms with Crippen molar-refractivity contribution in [2.75, 3.05) is 0 Å². The van der Waals surface area contributed by atoms with Crippen LogP contribution in [0.2, 0.25) is 0 Å². The zero-order valence-corrected chi connectivity index (χ0v) is 12.5. The summed E-state index contributed by atoms with van der Waals surface area (Å²) in [5.41, 5.74) is -0.661. The summed E-state index contributed by atoms with van der Waals surface area (Å²) in [4.78, 5) is 28.5. The van der Waals surface area contributed by atoms with E-state index in [4.69, 9.17) is 0 Å². The number of nitrogens with zero attached hydrogens (tertiary/aromatic N) is 2. The molecule has 0 aromatic carbocycles. The molecule has 1 aliphatic rings. The fourth-order valence-corrected chi connectivity index (χ4v) is 2.63. The maximum absolute atomic E-state index is 12.4. The Morgan fingerprint density at radius 2 is 1.95 bits per heavy atom. The lowest BCUT2D eigenvalue weighted by molar-refractivity contribution is 0.0911. The van der Waals surface area contributed by atoms with Gasteiger partial charge in [0.25, 0.3) is 11.5 Å². The van der Waals surface area contributed by atoms with Crippen LogP contribution < -0.4 is 10.9 Å². The van der Waals surface area contributed by atoms with E-state index in [0.29, 0.717) is 0 Å². The average molecular weight is 277 g/mol. The topological polar surface area (TPSA) is 64.0 Å². The molecule has 1 saturated carbocycles. The van der Waals surface area contributed by atoms with Crippen LogP contribution in [0.25, 0.3) is 0 Å². The number of carbonyl (C=O) groups is 1. The molecule has 0 spiro atoms. The van der Waals surface area contributed by atoms with Gasteiger partial charge in [-0.1, -0.05) is 19.3 Å². The number of nitrogens with one attached hydrogen (secondary N) is 1. The Kier molecular flexibility index (Phi) is 4.26. The molecule has 1 heterocycles. The predicted molar refractivity (Wildman–Crippen MR) is 77.8 cm³/mol. The van der Waals surface area contributed by atoms with Crippen molar-refractivity contribution in [1.29, 1.82) is 0 Å². The first-order chi connectivity index (χ1) is 9.38. The van der Waals surface area contributed by atoms with Gasteiger partial charge in [0, 0.05) is 24.0 Å². The molecule has 1 N–H and O–H groups in total. The molecule has 0 unspecified atom stereocenters. The molecule has 1 aromatic heterocycles. The number of hydrogen-bond donors (Lipinski definition) is 1. The van der Waals surface area contributed by atoms with Crippen molar-refractivity contribution < 1.29 is 4.79 Å². The number of carbonyl (C=O) groups excluding carboxylic acids is 1. The van der Waals surface area contributed by atoms with Gasteiger partial charge >= 0.3 is 0 Å². The fraction of sp³-hybridized carbons (Fsp3) is 0.667. The molecule has 0 radical (unpaired) electrons. The first-order valence-electron chi connectivity index (χ1n) is 7.28. The number of amides is 1. The van der Waals surface area contributed by atoms with Gasteiger partial charge < -0.3 is 9.88 Å². The molecule has 1 aliphatic carbocycles. The third kappa shape index (κ3) is 3.46. The summed E-state index contributed by atoms with van der Waals surface area (Å²) in [5, 5.41) is 2.79. The average Bonchev–Trinajstić information content (AvgIpc) is 2.38. The first kappa shape index (κ1) is 14.8. The largest absolute Gasteiger partial charge is 0.346 e. The highest BCUT2D eigenvalue weighted by Gasteiger charge is 2.22. The van der Waals surface area contributed by atoms with Gasteiger partial charge in [0.1, 0.15) is 0 Å². The molecule has 0 atom stereocenters. The Bertz CT molecular complexity index is 537. The van der Waals surface area contributed by atoms with E-state index >= 15 is 0 Å². The molecule has 2 rings (SSSR count). The molecular weight excluding hydrogens is 254 g/mol. The fourth-order valence-electron chi connectivity index (χ4n) is 2.63. The standard InChI is InChI=1S/C15H23N3O2/c1-15(2,3)17-13(19)12-14(20)18(10-9-16-12)11-7-5-4-6-8-11/h9-11H,4-8H2,1-3H3,(H,17,19). The lowest BCUT2D eigenvalue weighted by atomic mass is 9.95. The van der Waals surface area contributed by atoms with Crippen LogP contribution in [-0.4, -0.2) is 21.0 Å². The van der Waals surface area contributed by atoms with Crippen molar-refractivity contribution in [3.8, 4) is 0 Å². The van der Waals surface area contributed by atoms with Crippen LogP contribution in [0.1, 0.15) is 69.4 Å². The molecule has 1 amide bonds. The van der Waals surface area contributed by atoms with Crippen LogP contribution in [0.3, 0.4) is 0 Å². The summed E-state index contributed by atoms with van der Waals surface area (Å²) < 4.78 is 1.68. The second-order valence-electron chi connectivity index (χ2n) is 6.48. The van der Waals surface area contributed by atoms with Crippen LogP contribution in [0.5, 0.6) is 0 Å². The van der Waals surface area contributed by atoms with Gasteiger partial charge in [0.2, 0.25) is 0 Å². The van der Waals surface area contributed by atoms with Crippen molar-refractivity contribution in [2.24, 2.45) is 0 Å². The minimum atomic E-state index is -0.396. The Labute approximate surface area is 119 Å². The summed E-state index contributed by atoms with van der Waals surface area (Å²) in [5.74, 6) is -0.396. The Morgan fingerprint density at radius 1 is 1.30 bits per heavy atom. The van der Waals surface area contributed by atoms with E-state index in [1.54, 1.807) is 17.0 Å². The highest BCUT2D eigenvalue weighted by Crippen LogP contribution is 2.26. The number of hydrogen-bond acceptors (Lipinski definition) is 3. The number of rotatable bonds is 2. The van der Waals surface area contributed by atoms with Gasteiger partial charge in [-0.3, -0.25) is 9.59 Å². The molecule has 0 aliphatic heterocycles. The molecule has 0 saturated heterocycles. The van der Waals surface area contributed by atoms with E-state index in [0.717, 1.165) is 25.7 Å². The second-order valence-corrected chi connectivity index (χ2v) is 6.48. The van der Waals surface area contributed by atoms with Gasteiger partial charge in [-0.15, -0.1) is 0 Å². The van der Waals surface area contributed by atoms with Crippen molar-refractivity contribution in [2.45, 2.75) is 64.5 Å². The minimum Gasteiger partial charge on any atom is -0.346 e. The Morgan fingerprint density at radius 3 is 2.55 bits per heavy atom. The van der Waals surface area contributed by atoms with E-state index < -0.39 is 5.91 Å². The van der Waals surface area contributed by atoms with Crippen LogP contribution >= 0.6 is 0 Å². The molecule has 110 valence electrons. The Balaban J connectivity index is 2.27. The molecule has 0 bridgehead atoms. The second kappa shape index (κ2) is 5.77. The smallest absolute Gasteiger partial charge is 0.282 e. The van der Waals surface area contributed by atoms with Crippen LogP contribution in [-0.2, 0) is 0 Å². The molecule has 1 aromatic rings. The van der Waals surface area contributed by atoms with E-state index in [1.807, 2.05) is 20.8 Å². The van der Waals surface area contributed by atoms with Crippen molar-refractivity contribution >= 4 is 5.91 Å². The van der Waals surface area contributed by atoms with Crippen LogP contribution in [0.15, 0.2) is 17.2 Å².